The molecule has 7 heteroatoms. The predicted molar refractivity (Wildman–Crippen MR) is 75.9 cm³/mol. The molecule has 0 unspecified atom stereocenters. The average molecular weight is 311 g/mol. The molecule has 112 valence electrons. The van der Waals surface area contributed by atoms with Crippen molar-refractivity contribution in [2.75, 3.05) is 19.5 Å². The second kappa shape index (κ2) is 6.64. The summed E-state index contributed by atoms with van der Waals surface area (Å²) in [7, 11) is -3.45. The minimum Gasteiger partial charge on any atom is -0.490 e. The molecular formula is C14H14FNO4S. The van der Waals surface area contributed by atoms with Crippen molar-refractivity contribution in [3.05, 3.63) is 48.4 Å². The number of hydrogen-bond donors (Lipinski definition) is 0. The van der Waals surface area contributed by atoms with Crippen molar-refractivity contribution in [2.24, 2.45) is 0 Å². The fourth-order valence-corrected chi connectivity index (χ4v) is 1.97. The number of benzene rings is 1. The van der Waals surface area contributed by atoms with Gasteiger partial charge in [0.1, 0.15) is 24.8 Å². The van der Waals surface area contributed by atoms with E-state index in [0.29, 0.717) is 11.4 Å². The molecule has 2 rings (SSSR count). The van der Waals surface area contributed by atoms with Gasteiger partial charge in [-0.2, -0.15) is 8.42 Å². The number of hydrogen-bond acceptors (Lipinski definition) is 5. The van der Waals surface area contributed by atoms with E-state index in [1.165, 1.54) is 18.3 Å². The lowest BCUT2D eigenvalue weighted by Crippen LogP contribution is -2.11. The lowest BCUT2D eigenvalue weighted by molar-refractivity contribution is 0.222. The van der Waals surface area contributed by atoms with Crippen LogP contribution in [0.3, 0.4) is 0 Å². The van der Waals surface area contributed by atoms with Crippen LogP contribution in [0.2, 0.25) is 0 Å². The van der Waals surface area contributed by atoms with Crippen LogP contribution in [0.1, 0.15) is 0 Å². The van der Waals surface area contributed by atoms with Crippen molar-refractivity contribution in [1.82, 2.24) is 4.98 Å². The largest absolute Gasteiger partial charge is 0.490 e. The summed E-state index contributed by atoms with van der Waals surface area (Å²) in [5.74, 6) is 0.197. The van der Waals surface area contributed by atoms with Crippen LogP contribution in [0.25, 0.3) is 11.3 Å². The first-order valence-corrected chi connectivity index (χ1v) is 7.95. The van der Waals surface area contributed by atoms with Gasteiger partial charge < -0.3 is 4.74 Å². The maximum Gasteiger partial charge on any atom is 0.264 e. The van der Waals surface area contributed by atoms with Crippen LogP contribution < -0.4 is 4.74 Å². The predicted octanol–water partition coefficient (Wildman–Crippen LogP) is 2.24. The van der Waals surface area contributed by atoms with E-state index in [-0.39, 0.29) is 19.0 Å². The molecule has 0 aliphatic heterocycles. The third-order valence-electron chi connectivity index (χ3n) is 2.53. The van der Waals surface area contributed by atoms with Crippen molar-refractivity contribution in [3.8, 4) is 17.0 Å². The zero-order valence-electron chi connectivity index (χ0n) is 11.3. The van der Waals surface area contributed by atoms with E-state index in [4.69, 9.17) is 4.74 Å². The third-order valence-corrected chi connectivity index (χ3v) is 3.12. The summed E-state index contributed by atoms with van der Waals surface area (Å²) in [6, 6.07) is 9.44. The van der Waals surface area contributed by atoms with Crippen molar-refractivity contribution in [2.45, 2.75) is 0 Å². The molecule has 2 aromatic rings. The summed E-state index contributed by atoms with van der Waals surface area (Å²) in [5, 5.41) is 0. The van der Waals surface area contributed by atoms with Crippen LogP contribution in [0, 0.1) is 5.82 Å². The number of pyridine rings is 1. The van der Waals surface area contributed by atoms with Crippen molar-refractivity contribution in [3.63, 3.8) is 0 Å². The van der Waals surface area contributed by atoms with Gasteiger partial charge in [-0.05, 0) is 36.4 Å². The molecule has 0 saturated carbocycles. The van der Waals surface area contributed by atoms with Gasteiger partial charge in [-0.1, -0.05) is 0 Å². The molecule has 21 heavy (non-hydrogen) atoms. The molecule has 0 atom stereocenters. The molecule has 5 nitrogen and oxygen atoms in total. The maximum absolute atomic E-state index is 12.8. The summed E-state index contributed by atoms with van der Waals surface area (Å²) in [6.45, 7) is 0.0448. The standard InChI is InChI=1S/C14H14FNO4S/c1-21(17,18)20-9-8-19-13-6-7-14(16-10-13)11-2-4-12(15)5-3-11/h2-7,10H,8-9H2,1H3. The zero-order chi connectivity index (χ0) is 15.3. The second-order valence-electron chi connectivity index (χ2n) is 4.26. The minimum absolute atomic E-state index is 0.0570. The Morgan fingerprint density at radius 2 is 1.81 bits per heavy atom. The van der Waals surface area contributed by atoms with E-state index in [0.717, 1.165) is 11.8 Å². The molecule has 1 heterocycles. The number of aromatic nitrogens is 1. The van der Waals surface area contributed by atoms with Crippen LogP contribution in [0.15, 0.2) is 42.6 Å². The lowest BCUT2D eigenvalue weighted by Gasteiger charge is -2.06. The molecule has 0 spiro atoms. The highest BCUT2D eigenvalue weighted by Crippen LogP contribution is 2.19. The molecule has 0 amide bonds. The van der Waals surface area contributed by atoms with Gasteiger partial charge >= 0.3 is 0 Å². The monoisotopic (exact) mass is 311 g/mol. The first kappa shape index (κ1) is 15.4. The summed E-state index contributed by atoms with van der Waals surface area (Å²) in [6.07, 6.45) is 2.49. The quantitative estimate of drug-likeness (QED) is 0.604. The van der Waals surface area contributed by atoms with Gasteiger partial charge in [0.15, 0.2) is 0 Å². The van der Waals surface area contributed by atoms with Gasteiger partial charge in [-0.15, -0.1) is 0 Å². The highest BCUT2D eigenvalue weighted by molar-refractivity contribution is 7.85. The highest BCUT2D eigenvalue weighted by atomic mass is 32.2. The Bertz CT molecular complexity index is 684. The van der Waals surface area contributed by atoms with Gasteiger partial charge in [0.25, 0.3) is 10.1 Å². The van der Waals surface area contributed by atoms with E-state index in [9.17, 15) is 12.8 Å². The number of halogens is 1. The molecule has 0 aliphatic carbocycles. The minimum atomic E-state index is -3.45. The van der Waals surface area contributed by atoms with Crippen molar-refractivity contribution < 1.29 is 21.7 Å². The van der Waals surface area contributed by atoms with Crippen molar-refractivity contribution in [1.29, 1.82) is 0 Å². The molecule has 1 aromatic heterocycles. The summed E-state index contributed by atoms with van der Waals surface area (Å²) < 4.78 is 44.2. The molecule has 1 aromatic carbocycles. The second-order valence-corrected chi connectivity index (χ2v) is 5.90. The summed E-state index contributed by atoms with van der Waals surface area (Å²) in [5.41, 5.74) is 1.48. The van der Waals surface area contributed by atoms with E-state index in [2.05, 4.69) is 9.17 Å². The highest BCUT2D eigenvalue weighted by Gasteiger charge is 2.03. The Morgan fingerprint density at radius 1 is 1.10 bits per heavy atom. The topological polar surface area (TPSA) is 65.5 Å². The van der Waals surface area contributed by atoms with Gasteiger partial charge in [-0.25, -0.2) is 4.39 Å². The molecule has 0 bridgehead atoms. The van der Waals surface area contributed by atoms with Crippen molar-refractivity contribution >= 4 is 10.1 Å². The Hall–Kier alpha value is -1.99. The van der Waals surface area contributed by atoms with Gasteiger partial charge in [0.05, 0.1) is 18.1 Å². The molecule has 0 aliphatic rings. The van der Waals surface area contributed by atoms with Crippen LogP contribution in [-0.2, 0) is 14.3 Å². The summed E-state index contributed by atoms with van der Waals surface area (Å²) in [4.78, 5) is 4.20. The van der Waals surface area contributed by atoms with Crippen LogP contribution in [0.4, 0.5) is 4.39 Å². The summed E-state index contributed by atoms with van der Waals surface area (Å²) >= 11 is 0. The van der Waals surface area contributed by atoms with E-state index in [1.807, 2.05) is 0 Å². The van der Waals surface area contributed by atoms with Gasteiger partial charge in [0, 0.05) is 5.56 Å². The first-order chi connectivity index (χ1) is 9.94. The SMILES string of the molecule is CS(=O)(=O)OCCOc1ccc(-c2ccc(F)cc2)nc1. The number of rotatable bonds is 6. The van der Waals surface area contributed by atoms with Crippen LogP contribution >= 0.6 is 0 Å². The van der Waals surface area contributed by atoms with Crippen LogP contribution in [0.5, 0.6) is 5.75 Å². The fourth-order valence-electron chi connectivity index (χ4n) is 1.60. The Morgan fingerprint density at radius 3 is 2.38 bits per heavy atom. The van der Waals surface area contributed by atoms with E-state index in [1.54, 1.807) is 24.3 Å². The lowest BCUT2D eigenvalue weighted by atomic mass is 10.1. The zero-order valence-corrected chi connectivity index (χ0v) is 12.1. The molecular weight excluding hydrogens is 297 g/mol. The third kappa shape index (κ3) is 5.13. The smallest absolute Gasteiger partial charge is 0.264 e. The van der Waals surface area contributed by atoms with Gasteiger partial charge in [0.2, 0.25) is 0 Å². The Kier molecular flexibility index (Phi) is 4.87. The van der Waals surface area contributed by atoms with E-state index >= 15 is 0 Å². The number of nitrogens with zero attached hydrogens (tertiary/aromatic N) is 1. The Labute approximate surface area is 122 Å². The molecule has 0 radical (unpaired) electrons. The van der Waals surface area contributed by atoms with Gasteiger partial charge in [-0.3, -0.25) is 9.17 Å². The average Bonchev–Trinajstić information content (AvgIpc) is 2.44. The molecule has 0 N–H and O–H groups in total. The Balaban J connectivity index is 1.91. The van der Waals surface area contributed by atoms with E-state index < -0.39 is 10.1 Å². The molecule has 0 saturated heterocycles. The number of ether oxygens (including phenoxy) is 1. The first-order valence-electron chi connectivity index (χ1n) is 6.13. The fraction of sp³-hybridized carbons (Fsp3) is 0.214. The molecule has 0 fully saturated rings. The normalized spacial score (nSPS) is 11.3. The van der Waals surface area contributed by atoms with Crippen LogP contribution in [-0.4, -0.2) is 32.9 Å². The maximum atomic E-state index is 12.8.